The van der Waals surface area contributed by atoms with Crippen molar-refractivity contribution in [1.82, 2.24) is 10.0 Å². The number of ether oxygens (including phenoxy) is 1. The minimum atomic E-state index is -2.89. The standard InChI is InChI=1S/C10H18OS.C9H17NO.C6H13NO2S.C6H14O2.2CH4/c1-8(2)9-4-10(5-9)6-12(3,11)7-10;1-7(2)8-3-9(10-4-8)5-11-6-9;1-5(2)6-3-7-10(8,9)4-6;1-5(2)6(3-7)4-8;;/h8-9H,3-7H2,1-2H3;7-8,10H,3-6H2,1-2H3;5-7H,3-4H2,1-2H3;5-8H,3-4H2,1-2H3;2*1H4. The fraction of sp³-hybridized carbons (Fsp3) is 0.970. The number of hydrogen-bond acceptors (Lipinski definition) is 7. The molecule has 4 N–H and O–H groups in total. The number of aliphatic hydroxyl groups is 2. The molecule has 0 aromatic carbocycles. The van der Waals surface area contributed by atoms with Crippen molar-refractivity contribution >= 4 is 25.4 Å². The van der Waals surface area contributed by atoms with E-state index in [1.54, 1.807) is 0 Å². The van der Waals surface area contributed by atoms with Crippen molar-refractivity contribution in [2.75, 3.05) is 56.8 Å². The van der Waals surface area contributed by atoms with Gasteiger partial charge < -0.3 is 20.3 Å². The smallest absolute Gasteiger partial charge is 0.211 e. The van der Waals surface area contributed by atoms with E-state index in [4.69, 9.17) is 14.9 Å². The van der Waals surface area contributed by atoms with E-state index in [0.29, 0.717) is 41.0 Å². The summed E-state index contributed by atoms with van der Waals surface area (Å²) in [6.07, 6.45) is 3.96. The first-order valence-electron chi connectivity index (χ1n) is 15.7. The average molecular weight is 655 g/mol. The number of hydrogen-bond donors (Lipinski definition) is 4. The molecular weight excluding hydrogens is 585 g/mol. The predicted molar refractivity (Wildman–Crippen MR) is 186 cm³/mol. The van der Waals surface area contributed by atoms with E-state index in [1.165, 1.54) is 25.8 Å². The van der Waals surface area contributed by atoms with Crippen LogP contribution in [0, 0.1) is 52.8 Å². The molecule has 260 valence electrons. The molecule has 0 aromatic heterocycles. The van der Waals surface area contributed by atoms with Gasteiger partial charge in [-0.15, -0.1) is 0 Å². The fourth-order valence-electron chi connectivity index (χ4n) is 6.41. The monoisotopic (exact) mass is 654 g/mol. The van der Waals surface area contributed by atoms with Crippen LogP contribution in [0.2, 0.25) is 0 Å². The predicted octanol–water partition coefficient (Wildman–Crippen LogP) is 4.50. The third-order valence-corrected chi connectivity index (χ3v) is 13.7. The molecule has 2 atom stereocenters. The number of rotatable bonds is 6. The highest BCUT2D eigenvalue weighted by atomic mass is 32.2. The maximum Gasteiger partial charge on any atom is 0.211 e. The van der Waals surface area contributed by atoms with E-state index in [2.05, 4.69) is 43.6 Å². The molecule has 5 aliphatic rings. The summed E-state index contributed by atoms with van der Waals surface area (Å²) in [5, 5.41) is 20.6. The van der Waals surface area contributed by atoms with Gasteiger partial charge in [-0.2, -0.15) is 0 Å². The van der Waals surface area contributed by atoms with Gasteiger partial charge in [-0.05, 0) is 88.0 Å². The lowest BCUT2D eigenvalue weighted by Crippen LogP contribution is -2.57. The Kier molecular flexibility index (Phi) is 17.5. The summed E-state index contributed by atoms with van der Waals surface area (Å²) < 4.78 is 40.8. The van der Waals surface area contributed by atoms with Gasteiger partial charge in [0, 0.05) is 37.2 Å². The van der Waals surface area contributed by atoms with Gasteiger partial charge in [-0.1, -0.05) is 70.2 Å². The second-order valence-corrected chi connectivity index (χ2v) is 19.4. The Bertz CT molecular complexity index is 982. The summed E-state index contributed by atoms with van der Waals surface area (Å²) in [5.41, 5.74) is 0.892. The van der Waals surface area contributed by atoms with Gasteiger partial charge >= 0.3 is 0 Å². The van der Waals surface area contributed by atoms with E-state index in [9.17, 15) is 12.6 Å². The van der Waals surface area contributed by atoms with Gasteiger partial charge in [-0.25, -0.2) is 13.1 Å². The summed E-state index contributed by atoms with van der Waals surface area (Å²) in [6, 6.07) is 0. The minimum Gasteiger partial charge on any atom is -0.396 e. The molecule has 4 saturated heterocycles. The van der Waals surface area contributed by atoms with Gasteiger partial charge in [-0.3, -0.25) is 4.21 Å². The third kappa shape index (κ3) is 12.8. The van der Waals surface area contributed by atoms with Crippen LogP contribution in [-0.2, 0) is 24.3 Å². The lowest BCUT2D eigenvalue weighted by Gasteiger charge is -2.56. The summed E-state index contributed by atoms with van der Waals surface area (Å²) >= 11 is 0. The number of sulfonamides is 1. The average Bonchev–Trinajstić information content (AvgIpc) is 3.42. The van der Waals surface area contributed by atoms with Gasteiger partial charge in [0.1, 0.15) is 0 Å². The first-order chi connectivity index (χ1) is 18.9. The molecule has 1 aliphatic carbocycles. The molecule has 5 rings (SSSR count). The molecule has 0 bridgehead atoms. The lowest BCUT2D eigenvalue weighted by atomic mass is 9.60. The Labute approximate surface area is 267 Å². The minimum absolute atomic E-state index is 0. The molecule has 0 radical (unpaired) electrons. The highest BCUT2D eigenvalue weighted by Crippen LogP contribution is 2.55. The van der Waals surface area contributed by atoms with Crippen LogP contribution in [-0.4, -0.2) is 91.0 Å². The maximum absolute atomic E-state index is 11.4. The van der Waals surface area contributed by atoms with Crippen molar-refractivity contribution in [1.29, 1.82) is 0 Å². The summed E-state index contributed by atoms with van der Waals surface area (Å²) in [7, 11) is -4.49. The van der Waals surface area contributed by atoms with Crippen molar-refractivity contribution in [2.45, 2.75) is 95.0 Å². The molecule has 0 aromatic rings. The van der Waals surface area contributed by atoms with E-state index in [1.807, 2.05) is 27.7 Å². The Hall–Kier alpha value is -0.230. The topological polar surface area (TPSA) is 125 Å². The molecule has 10 heteroatoms. The zero-order chi connectivity index (χ0) is 31.2. The Morgan fingerprint density at radius 3 is 1.49 bits per heavy atom. The van der Waals surface area contributed by atoms with E-state index >= 15 is 0 Å². The normalized spacial score (nSPS) is 32.8. The Morgan fingerprint density at radius 1 is 0.791 bits per heavy atom. The Balaban J connectivity index is 0.000000545. The summed E-state index contributed by atoms with van der Waals surface area (Å²) in [4.78, 5) is 0. The highest BCUT2D eigenvalue weighted by molar-refractivity contribution is 8.01. The molecule has 5 fully saturated rings. The molecule has 1 saturated carbocycles. The molecule has 0 amide bonds. The Morgan fingerprint density at radius 2 is 1.28 bits per heavy atom. The largest absolute Gasteiger partial charge is 0.396 e. The van der Waals surface area contributed by atoms with Gasteiger partial charge in [0.25, 0.3) is 0 Å². The molecule has 4 aliphatic heterocycles. The first-order valence-corrected chi connectivity index (χ1v) is 19.4. The SMILES string of the molecule is C.C.C=S1(=O)CC2(CC(C(C)C)C2)C1.CC(C)C(CO)CO.CC(C)C1CNC2(COC2)C1.CC(C)C1CNS(=O)(=O)C1. The second kappa shape index (κ2) is 17.6. The molecule has 8 nitrogen and oxygen atoms in total. The highest BCUT2D eigenvalue weighted by Gasteiger charge is 2.53. The van der Waals surface area contributed by atoms with E-state index in [-0.39, 0.29) is 34.0 Å². The maximum atomic E-state index is 11.4. The van der Waals surface area contributed by atoms with Gasteiger partial charge in [0.15, 0.2) is 0 Å². The van der Waals surface area contributed by atoms with Gasteiger partial charge in [0.2, 0.25) is 10.0 Å². The van der Waals surface area contributed by atoms with Crippen LogP contribution >= 0.6 is 0 Å². The van der Waals surface area contributed by atoms with Crippen LogP contribution in [0.25, 0.3) is 0 Å². The third-order valence-electron chi connectivity index (χ3n) is 9.92. The molecule has 4 heterocycles. The summed E-state index contributed by atoms with van der Waals surface area (Å²) in [6.45, 7) is 21.1. The second-order valence-electron chi connectivity index (χ2n) is 15.0. The first kappa shape index (κ1) is 42.8. The fourth-order valence-corrected chi connectivity index (χ4v) is 10.7. The molecular formula is C33H70N2O6S2. The number of nitrogens with one attached hydrogen (secondary N) is 2. The van der Waals surface area contributed by atoms with Crippen molar-refractivity contribution < 1.29 is 27.6 Å². The van der Waals surface area contributed by atoms with E-state index < -0.39 is 19.5 Å². The van der Waals surface area contributed by atoms with Crippen LogP contribution < -0.4 is 10.0 Å². The van der Waals surface area contributed by atoms with Crippen LogP contribution in [0.3, 0.4) is 0 Å². The molecule has 2 unspecified atom stereocenters. The van der Waals surface area contributed by atoms with Crippen LogP contribution in [0.5, 0.6) is 0 Å². The molecule has 2 spiro atoms. The van der Waals surface area contributed by atoms with Crippen molar-refractivity contribution in [3.05, 3.63) is 0 Å². The number of aliphatic hydroxyl groups excluding tert-OH is 2. The zero-order valence-corrected chi connectivity index (χ0v) is 28.8. The van der Waals surface area contributed by atoms with Crippen LogP contribution in [0.4, 0.5) is 0 Å². The molecule has 43 heavy (non-hydrogen) atoms. The van der Waals surface area contributed by atoms with Gasteiger partial charge in [0.05, 0.1) is 24.5 Å². The van der Waals surface area contributed by atoms with Crippen LogP contribution in [0.15, 0.2) is 0 Å². The van der Waals surface area contributed by atoms with Crippen LogP contribution in [0.1, 0.15) is 89.5 Å². The summed E-state index contributed by atoms with van der Waals surface area (Å²) in [5.74, 6) is 10.5. The zero-order valence-electron chi connectivity index (χ0n) is 27.2. The lowest BCUT2D eigenvalue weighted by molar-refractivity contribution is -0.0665. The quantitative estimate of drug-likeness (QED) is 0.311. The van der Waals surface area contributed by atoms with E-state index in [0.717, 1.165) is 48.4 Å². The van der Waals surface area contributed by atoms with Crippen molar-refractivity contribution in [2.24, 2.45) is 52.8 Å². The van der Waals surface area contributed by atoms with Crippen molar-refractivity contribution in [3.8, 4) is 0 Å². The van der Waals surface area contributed by atoms with Crippen molar-refractivity contribution in [3.63, 3.8) is 0 Å².